The number of nitrogens with zero attached hydrogens (tertiary/aromatic N) is 3. The second-order valence-corrected chi connectivity index (χ2v) is 6.07. The minimum atomic E-state index is 0.632. The Morgan fingerprint density at radius 3 is 2.95 bits per heavy atom. The number of benzene rings is 1. The summed E-state index contributed by atoms with van der Waals surface area (Å²) in [5, 5.41) is 9.20. The summed E-state index contributed by atoms with van der Waals surface area (Å²) in [6.07, 6.45) is 3.93. The Morgan fingerprint density at radius 1 is 1.29 bits per heavy atom. The lowest BCUT2D eigenvalue weighted by atomic mass is 10.1. The van der Waals surface area contributed by atoms with Gasteiger partial charge in [0.15, 0.2) is 0 Å². The number of nitriles is 1. The van der Waals surface area contributed by atoms with Crippen LogP contribution in [0.5, 0.6) is 5.75 Å². The van der Waals surface area contributed by atoms with E-state index in [-0.39, 0.29) is 0 Å². The molecule has 0 spiro atoms. The minimum Gasteiger partial charge on any atom is -0.495 e. The molecule has 0 aromatic heterocycles. The number of ether oxygens (including phenoxy) is 1. The van der Waals surface area contributed by atoms with E-state index >= 15 is 0 Å². The first-order valence-electron chi connectivity index (χ1n) is 7.83. The maximum absolute atomic E-state index is 9.20. The van der Waals surface area contributed by atoms with Crippen molar-refractivity contribution in [3.63, 3.8) is 0 Å². The fourth-order valence-electron chi connectivity index (χ4n) is 3.63. The van der Waals surface area contributed by atoms with Gasteiger partial charge in [0.25, 0.3) is 0 Å². The Labute approximate surface area is 126 Å². The van der Waals surface area contributed by atoms with Crippen molar-refractivity contribution in [1.82, 2.24) is 9.80 Å². The van der Waals surface area contributed by atoms with Crippen LogP contribution >= 0.6 is 0 Å². The molecule has 21 heavy (non-hydrogen) atoms. The Morgan fingerprint density at radius 2 is 2.14 bits per heavy atom. The normalized spacial score (nSPS) is 23.3. The van der Waals surface area contributed by atoms with E-state index in [1.54, 1.807) is 7.11 Å². The minimum absolute atomic E-state index is 0.632. The molecule has 2 aliphatic heterocycles. The smallest absolute Gasteiger partial charge is 0.136 e. The quantitative estimate of drug-likeness (QED) is 0.854. The topological polar surface area (TPSA) is 39.5 Å². The Balaban J connectivity index is 1.69. The average molecular weight is 285 g/mol. The van der Waals surface area contributed by atoms with E-state index in [1.807, 2.05) is 12.1 Å². The summed E-state index contributed by atoms with van der Waals surface area (Å²) in [5.74, 6) is 0.666. The van der Waals surface area contributed by atoms with Crippen molar-refractivity contribution in [2.45, 2.75) is 31.8 Å². The molecule has 2 saturated heterocycles. The van der Waals surface area contributed by atoms with Gasteiger partial charge >= 0.3 is 0 Å². The predicted molar refractivity (Wildman–Crippen MR) is 82.2 cm³/mol. The zero-order chi connectivity index (χ0) is 14.7. The number of hydrogen-bond donors (Lipinski definition) is 0. The molecule has 0 N–H and O–H groups in total. The largest absolute Gasteiger partial charge is 0.495 e. The van der Waals surface area contributed by atoms with Gasteiger partial charge in [-0.2, -0.15) is 5.26 Å². The van der Waals surface area contributed by atoms with Crippen molar-refractivity contribution in [3.8, 4) is 11.8 Å². The molecule has 0 radical (unpaired) electrons. The lowest BCUT2D eigenvalue weighted by Crippen LogP contribution is -2.36. The van der Waals surface area contributed by atoms with Gasteiger partial charge in [-0.25, -0.2) is 0 Å². The summed E-state index contributed by atoms with van der Waals surface area (Å²) in [7, 11) is 1.61. The summed E-state index contributed by atoms with van der Waals surface area (Å²) in [6, 6.07) is 8.92. The molecule has 4 nitrogen and oxygen atoms in total. The van der Waals surface area contributed by atoms with E-state index in [0.717, 1.165) is 25.7 Å². The van der Waals surface area contributed by atoms with Crippen LogP contribution in [0.25, 0.3) is 0 Å². The van der Waals surface area contributed by atoms with E-state index in [4.69, 9.17) is 4.74 Å². The molecule has 1 aromatic rings. The van der Waals surface area contributed by atoms with Gasteiger partial charge in [0.05, 0.1) is 12.7 Å². The van der Waals surface area contributed by atoms with Crippen molar-refractivity contribution in [1.29, 1.82) is 5.26 Å². The highest BCUT2D eigenvalue weighted by molar-refractivity contribution is 5.45. The van der Waals surface area contributed by atoms with Gasteiger partial charge in [-0.15, -0.1) is 0 Å². The second-order valence-electron chi connectivity index (χ2n) is 6.07. The Bertz CT molecular complexity index is 537. The highest BCUT2D eigenvalue weighted by atomic mass is 16.5. The number of methoxy groups -OCH3 is 1. The van der Waals surface area contributed by atoms with Gasteiger partial charge < -0.3 is 4.74 Å². The highest BCUT2D eigenvalue weighted by Gasteiger charge is 2.28. The predicted octanol–water partition coefficient (Wildman–Crippen LogP) is 2.24. The molecule has 4 heteroatoms. The molecular weight excluding hydrogens is 262 g/mol. The number of rotatable bonds is 3. The van der Waals surface area contributed by atoms with Gasteiger partial charge in [0, 0.05) is 19.1 Å². The van der Waals surface area contributed by atoms with Crippen LogP contribution in [0.1, 0.15) is 30.4 Å². The SMILES string of the molecule is COc1ccc(CN2CCCN3CCCC3C2)cc1C#N. The van der Waals surface area contributed by atoms with Crippen LogP contribution in [0, 0.1) is 11.3 Å². The molecule has 0 amide bonds. The fourth-order valence-corrected chi connectivity index (χ4v) is 3.63. The average Bonchev–Trinajstić information content (AvgIpc) is 2.86. The third-order valence-corrected chi connectivity index (χ3v) is 4.68. The molecule has 1 unspecified atom stereocenters. The van der Waals surface area contributed by atoms with E-state index in [1.165, 1.54) is 37.9 Å². The summed E-state index contributed by atoms with van der Waals surface area (Å²) in [5.41, 5.74) is 1.84. The molecule has 112 valence electrons. The van der Waals surface area contributed by atoms with Gasteiger partial charge in [-0.1, -0.05) is 6.07 Å². The van der Waals surface area contributed by atoms with Gasteiger partial charge in [0.2, 0.25) is 0 Å². The standard InChI is InChI=1S/C17H23N3O/c1-21-17-6-5-14(10-15(17)11-18)12-19-7-3-9-20-8-2-4-16(20)13-19/h5-6,10,16H,2-4,7-9,12-13H2,1H3. The molecule has 3 rings (SSSR count). The molecule has 1 aromatic carbocycles. The van der Waals surface area contributed by atoms with Crippen molar-refractivity contribution in [2.24, 2.45) is 0 Å². The van der Waals surface area contributed by atoms with E-state index in [9.17, 15) is 5.26 Å². The maximum Gasteiger partial charge on any atom is 0.136 e. The third kappa shape index (κ3) is 3.20. The van der Waals surface area contributed by atoms with E-state index < -0.39 is 0 Å². The summed E-state index contributed by atoms with van der Waals surface area (Å²) >= 11 is 0. The van der Waals surface area contributed by atoms with E-state index in [0.29, 0.717) is 11.3 Å². The fraction of sp³-hybridized carbons (Fsp3) is 0.588. The van der Waals surface area contributed by atoms with Gasteiger partial charge in [-0.05, 0) is 56.6 Å². The number of fused-ring (bicyclic) bond motifs is 1. The molecule has 2 fully saturated rings. The molecule has 0 aliphatic carbocycles. The summed E-state index contributed by atoms with van der Waals surface area (Å²) < 4.78 is 5.22. The molecule has 0 bridgehead atoms. The number of hydrogen-bond acceptors (Lipinski definition) is 4. The zero-order valence-electron chi connectivity index (χ0n) is 12.7. The van der Waals surface area contributed by atoms with Crippen molar-refractivity contribution >= 4 is 0 Å². The first-order chi connectivity index (χ1) is 10.3. The van der Waals surface area contributed by atoms with Gasteiger partial charge in [0.1, 0.15) is 11.8 Å². The Hall–Kier alpha value is -1.57. The van der Waals surface area contributed by atoms with Crippen molar-refractivity contribution in [2.75, 3.05) is 33.3 Å². The summed E-state index contributed by atoms with van der Waals surface area (Å²) in [6.45, 7) is 5.77. The molecule has 0 saturated carbocycles. The third-order valence-electron chi connectivity index (χ3n) is 4.68. The van der Waals surface area contributed by atoms with Crippen LogP contribution < -0.4 is 4.74 Å². The monoisotopic (exact) mass is 285 g/mol. The van der Waals surface area contributed by atoms with Crippen LogP contribution in [0.15, 0.2) is 18.2 Å². The van der Waals surface area contributed by atoms with Crippen LogP contribution in [-0.2, 0) is 6.54 Å². The van der Waals surface area contributed by atoms with E-state index in [2.05, 4.69) is 21.9 Å². The van der Waals surface area contributed by atoms with Crippen molar-refractivity contribution in [3.05, 3.63) is 29.3 Å². The maximum atomic E-state index is 9.20. The zero-order valence-corrected chi connectivity index (χ0v) is 12.7. The van der Waals surface area contributed by atoms with Crippen molar-refractivity contribution < 1.29 is 4.74 Å². The molecule has 2 aliphatic rings. The second kappa shape index (κ2) is 6.46. The van der Waals surface area contributed by atoms with Gasteiger partial charge in [-0.3, -0.25) is 9.80 Å². The first kappa shape index (κ1) is 14.4. The first-order valence-corrected chi connectivity index (χ1v) is 7.83. The van der Waals surface area contributed by atoms with Crippen LogP contribution in [0.4, 0.5) is 0 Å². The molecular formula is C17H23N3O. The lowest BCUT2D eigenvalue weighted by Gasteiger charge is -2.25. The lowest BCUT2D eigenvalue weighted by molar-refractivity contribution is 0.215. The molecule has 1 atom stereocenters. The van der Waals surface area contributed by atoms with Crippen LogP contribution in [-0.4, -0.2) is 49.1 Å². The van der Waals surface area contributed by atoms with Crippen LogP contribution in [0.3, 0.4) is 0 Å². The molecule has 2 heterocycles. The van der Waals surface area contributed by atoms with Crippen LogP contribution in [0.2, 0.25) is 0 Å². The Kier molecular flexibility index (Phi) is 4.42. The highest BCUT2D eigenvalue weighted by Crippen LogP contribution is 2.24. The summed E-state index contributed by atoms with van der Waals surface area (Å²) in [4.78, 5) is 5.19.